The van der Waals surface area contributed by atoms with Crippen LogP contribution in [0, 0.1) is 12.8 Å². The average Bonchev–Trinajstić information content (AvgIpc) is 2.75. The van der Waals surface area contributed by atoms with Crippen molar-refractivity contribution < 1.29 is 13.2 Å². The van der Waals surface area contributed by atoms with Crippen LogP contribution in [0.4, 0.5) is 5.69 Å². The number of hydrogen-bond acceptors (Lipinski definition) is 4. The quantitative estimate of drug-likeness (QED) is 0.593. The van der Waals surface area contributed by atoms with Gasteiger partial charge >= 0.3 is 0 Å². The Bertz CT molecular complexity index is 1210. The molecule has 30 heavy (non-hydrogen) atoms. The molecule has 0 saturated carbocycles. The smallest absolute Gasteiger partial charge is 0.245 e. The van der Waals surface area contributed by atoms with Crippen LogP contribution in [0.1, 0.15) is 18.4 Å². The van der Waals surface area contributed by atoms with E-state index in [-0.39, 0.29) is 17.3 Å². The van der Waals surface area contributed by atoms with Crippen molar-refractivity contribution >= 4 is 48.5 Å². The van der Waals surface area contributed by atoms with Gasteiger partial charge in [0.25, 0.3) is 0 Å². The van der Waals surface area contributed by atoms with Crippen molar-refractivity contribution in [3.05, 3.63) is 64.8 Å². The summed E-state index contributed by atoms with van der Waals surface area (Å²) in [5.41, 5.74) is 2.22. The molecule has 1 atom stereocenters. The number of nitrogens with zero attached hydrogens (tertiary/aromatic N) is 2. The molecular weight excluding hydrogens is 466 g/mol. The molecule has 1 saturated heterocycles. The number of pyridine rings is 1. The molecule has 0 radical (unpaired) electrons. The molecule has 2 aromatic carbocycles. The van der Waals surface area contributed by atoms with Crippen molar-refractivity contribution in [3.8, 4) is 0 Å². The van der Waals surface area contributed by atoms with E-state index < -0.39 is 15.9 Å². The molecule has 8 heteroatoms. The molecule has 156 valence electrons. The number of carbonyl (C=O) groups excluding carboxylic acids is 1. The average molecular weight is 488 g/mol. The van der Waals surface area contributed by atoms with E-state index in [0.717, 1.165) is 15.4 Å². The number of nitrogens with one attached hydrogen (secondary N) is 1. The SMILES string of the molecule is Cc1ccc(NC(=O)[C@@H]2CCCN(S(=O)(=O)c3cccc4cccnc34)C2)c(Br)c1. The summed E-state index contributed by atoms with van der Waals surface area (Å²) in [6.07, 6.45) is 2.87. The summed E-state index contributed by atoms with van der Waals surface area (Å²) >= 11 is 3.47. The van der Waals surface area contributed by atoms with E-state index in [0.29, 0.717) is 30.6 Å². The molecule has 4 rings (SSSR count). The van der Waals surface area contributed by atoms with Crippen LogP contribution in [0.15, 0.2) is 64.1 Å². The Morgan fingerprint density at radius 2 is 2.00 bits per heavy atom. The lowest BCUT2D eigenvalue weighted by Crippen LogP contribution is -2.43. The topological polar surface area (TPSA) is 79.4 Å². The number of piperidine rings is 1. The number of amides is 1. The van der Waals surface area contributed by atoms with Crippen molar-refractivity contribution in [2.24, 2.45) is 5.92 Å². The normalized spacial score (nSPS) is 17.7. The number of para-hydroxylation sites is 1. The van der Waals surface area contributed by atoms with Gasteiger partial charge in [-0.2, -0.15) is 4.31 Å². The first-order valence-corrected chi connectivity index (χ1v) is 12.0. The number of carbonyl (C=O) groups is 1. The lowest BCUT2D eigenvalue weighted by Gasteiger charge is -2.31. The second-order valence-electron chi connectivity index (χ2n) is 7.51. The van der Waals surface area contributed by atoms with Gasteiger partial charge in [-0.05, 0) is 65.5 Å². The third kappa shape index (κ3) is 4.12. The highest BCUT2D eigenvalue weighted by molar-refractivity contribution is 9.10. The van der Waals surface area contributed by atoms with Crippen LogP contribution in [0.5, 0.6) is 0 Å². The Hall–Kier alpha value is -2.29. The van der Waals surface area contributed by atoms with Crippen LogP contribution in [0.2, 0.25) is 0 Å². The predicted octanol–water partition coefficient (Wildman–Crippen LogP) is 4.35. The van der Waals surface area contributed by atoms with Crippen LogP contribution in [-0.4, -0.2) is 36.7 Å². The van der Waals surface area contributed by atoms with Crippen LogP contribution < -0.4 is 5.32 Å². The van der Waals surface area contributed by atoms with Crippen LogP contribution in [0.25, 0.3) is 10.9 Å². The molecule has 0 aliphatic carbocycles. The Morgan fingerprint density at radius 1 is 1.20 bits per heavy atom. The van der Waals surface area contributed by atoms with Gasteiger partial charge in [0.05, 0.1) is 17.1 Å². The highest BCUT2D eigenvalue weighted by Gasteiger charge is 2.34. The number of rotatable bonds is 4. The van der Waals surface area contributed by atoms with Gasteiger partial charge in [0.1, 0.15) is 4.90 Å². The number of sulfonamides is 1. The Labute approximate surface area is 184 Å². The minimum absolute atomic E-state index is 0.154. The van der Waals surface area contributed by atoms with E-state index in [1.54, 1.807) is 24.4 Å². The third-order valence-corrected chi connectivity index (χ3v) is 7.90. The molecule has 1 fully saturated rings. The molecule has 1 aromatic heterocycles. The first kappa shape index (κ1) is 21.0. The van der Waals surface area contributed by atoms with Crippen molar-refractivity contribution in [1.29, 1.82) is 0 Å². The van der Waals surface area contributed by atoms with Gasteiger partial charge in [0, 0.05) is 29.1 Å². The largest absolute Gasteiger partial charge is 0.325 e. The van der Waals surface area contributed by atoms with E-state index in [2.05, 4.69) is 26.2 Å². The number of halogens is 1. The molecule has 2 heterocycles. The number of fused-ring (bicyclic) bond motifs is 1. The number of benzene rings is 2. The fourth-order valence-corrected chi connectivity index (χ4v) is 6.04. The van der Waals surface area contributed by atoms with Crippen molar-refractivity contribution in [2.45, 2.75) is 24.7 Å². The molecular formula is C22H22BrN3O3S. The standard InChI is InChI=1S/C22H22BrN3O3S/c1-15-9-10-19(18(23)13-15)25-22(27)17-7-4-12-26(14-17)30(28,29)20-8-2-5-16-6-3-11-24-21(16)20/h2-3,5-6,8-11,13,17H,4,7,12,14H2,1H3,(H,25,27)/t17-/m1/s1. The summed E-state index contributed by atoms with van der Waals surface area (Å²) in [6.45, 7) is 2.52. The lowest BCUT2D eigenvalue weighted by molar-refractivity contribution is -0.120. The number of aryl methyl sites for hydroxylation is 1. The number of anilines is 1. The molecule has 0 spiro atoms. The second-order valence-corrected chi connectivity index (χ2v) is 10.3. The summed E-state index contributed by atoms with van der Waals surface area (Å²) in [4.78, 5) is 17.3. The maximum Gasteiger partial charge on any atom is 0.245 e. The van der Waals surface area contributed by atoms with Crippen LogP contribution in [-0.2, 0) is 14.8 Å². The van der Waals surface area contributed by atoms with E-state index in [1.165, 1.54) is 4.31 Å². The van der Waals surface area contributed by atoms with Crippen molar-refractivity contribution in [1.82, 2.24) is 9.29 Å². The van der Waals surface area contributed by atoms with Crippen molar-refractivity contribution in [2.75, 3.05) is 18.4 Å². The summed E-state index contributed by atoms with van der Waals surface area (Å²) in [5, 5.41) is 3.70. The van der Waals surface area contributed by atoms with Gasteiger partial charge in [-0.25, -0.2) is 8.42 Å². The number of aromatic nitrogens is 1. The van der Waals surface area contributed by atoms with Crippen LogP contribution in [0.3, 0.4) is 0 Å². The van der Waals surface area contributed by atoms with Gasteiger partial charge in [-0.3, -0.25) is 9.78 Å². The Morgan fingerprint density at radius 3 is 2.80 bits per heavy atom. The van der Waals surface area contributed by atoms with Gasteiger partial charge in [-0.1, -0.05) is 24.3 Å². The molecule has 1 amide bonds. The van der Waals surface area contributed by atoms with Gasteiger partial charge < -0.3 is 5.32 Å². The van der Waals surface area contributed by atoms with E-state index in [4.69, 9.17) is 0 Å². The Balaban J connectivity index is 1.56. The predicted molar refractivity (Wildman–Crippen MR) is 121 cm³/mol. The zero-order chi connectivity index (χ0) is 21.3. The maximum absolute atomic E-state index is 13.4. The molecule has 6 nitrogen and oxygen atoms in total. The van der Waals surface area contributed by atoms with Crippen LogP contribution >= 0.6 is 15.9 Å². The van der Waals surface area contributed by atoms with E-state index >= 15 is 0 Å². The summed E-state index contributed by atoms with van der Waals surface area (Å²) in [6, 6.07) is 14.5. The molecule has 0 bridgehead atoms. The zero-order valence-corrected chi connectivity index (χ0v) is 18.9. The van der Waals surface area contributed by atoms with Gasteiger partial charge in [0.15, 0.2) is 0 Å². The lowest BCUT2D eigenvalue weighted by atomic mass is 9.98. The fourth-order valence-electron chi connectivity index (χ4n) is 3.75. The molecule has 1 N–H and O–H groups in total. The highest BCUT2D eigenvalue weighted by Crippen LogP contribution is 2.29. The molecule has 3 aromatic rings. The summed E-state index contributed by atoms with van der Waals surface area (Å²) in [5.74, 6) is -0.583. The highest BCUT2D eigenvalue weighted by atomic mass is 79.9. The van der Waals surface area contributed by atoms with E-state index in [1.807, 2.05) is 37.3 Å². The van der Waals surface area contributed by atoms with Gasteiger partial charge in [0.2, 0.25) is 15.9 Å². The summed E-state index contributed by atoms with van der Waals surface area (Å²) < 4.78 is 28.9. The van der Waals surface area contributed by atoms with Crippen molar-refractivity contribution in [3.63, 3.8) is 0 Å². The van der Waals surface area contributed by atoms with E-state index in [9.17, 15) is 13.2 Å². The summed E-state index contributed by atoms with van der Waals surface area (Å²) in [7, 11) is -3.76. The minimum Gasteiger partial charge on any atom is -0.325 e. The van der Waals surface area contributed by atoms with Gasteiger partial charge in [-0.15, -0.1) is 0 Å². The Kier molecular flexibility index (Phi) is 5.90. The molecule has 1 aliphatic rings. The third-order valence-electron chi connectivity index (χ3n) is 5.35. The zero-order valence-electron chi connectivity index (χ0n) is 16.5. The minimum atomic E-state index is -3.76. The monoisotopic (exact) mass is 487 g/mol. The molecule has 0 unspecified atom stereocenters. The number of hydrogen-bond donors (Lipinski definition) is 1. The maximum atomic E-state index is 13.4. The molecule has 1 aliphatic heterocycles. The fraction of sp³-hybridized carbons (Fsp3) is 0.273. The first-order valence-electron chi connectivity index (χ1n) is 9.77. The first-order chi connectivity index (χ1) is 14.4. The second kappa shape index (κ2) is 8.45.